The van der Waals surface area contributed by atoms with E-state index in [1.54, 1.807) is 43.7 Å². The molecule has 4 rings (SSSR count). The molecule has 152 valence electrons. The van der Waals surface area contributed by atoms with Gasteiger partial charge in [0, 0.05) is 11.1 Å². The minimum absolute atomic E-state index is 0.234. The van der Waals surface area contributed by atoms with Gasteiger partial charge in [-0.05, 0) is 48.6 Å². The number of amides is 1. The predicted octanol–water partition coefficient (Wildman–Crippen LogP) is 3.64. The molecule has 1 amide bonds. The highest BCUT2D eigenvalue weighted by atomic mass is 32.1. The lowest BCUT2D eigenvalue weighted by Gasteiger charge is -2.12. The van der Waals surface area contributed by atoms with Crippen molar-refractivity contribution >= 4 is 29.0 Å². The molecule has 2 aromatic carbocycles. The molecule has 0 aliphatic rings. The van der Waals surface area contributed by atoms with Crippen LogP contribution in [0.1, 0.15) is 21.7 Å². The number of carbonyl (C=O) groups excluding carboxylic acids is 1. The average Bonchev–Trinajstić information content (AvgIpc) is 3.28. The fraction of sp³-hybridized carbons (Fsp3) is 0.136. The third kappa shape index (κ3) is 3.90. The maximum Gasteiger partial charge on any atom is 0.262 e. The number of carbonyl (C=O) groups is 1. The van der Waals surface area contributed by atoms with Crippen LogP contribution in [0.25, 0.3) is 10.9 Å². The molecule has 2 aromatic heterocycles. The summed E-state index contributed by atoms with van der Waals surface area (Å²) in [6.07, 6.45) is 1.55. The number of hydrogen-bond donors (Lipinski definition) is 2. The number of nitrogens with one attached hydrogen (secondary N) is 2. The summed E-state index contributed by atoms with van der Waals surface area (Å²) in [7, 11) is 1.58. The van der Waals surface area contributed by atoms with Gasteiger partial charge in [0.1, 0.15) is 11.5 Å². The number of methoxy groups -OCH3 is 1. The van der Waals surface area contributed by atoms with Gasteiger partial charge in [0.05, 0.1) is 37.4 Å². The highest BCUT2D eigenvalue weighted by molar-refractivity contribution is 7.71. The number of benzene rings is 2. The van der Waals surface area contributed by atoms with Crippen LogP contribution in [0.15, 0.2) is 70.1 Å². The van der Waals surface area contributed by atoms with E-state index in [0.29, 0.717) is 28.0 Å². The monoisotopic (exact) mass is 421 g/mol. The highest BCUT2D eigenvalue weighted by Crippen LogP contribution is 2.19. The standard InChI is InChI=1S/C22H19N3O4S/c1-28-19-7-3-2-5-15(19)13-25-21(27)17-9-8-14(11-18(17)24-22(25)30)20(26)23-12-16-6-4-10-29-16/h2-11H,12-13H2,1H3,(H,23,26)(H,24,30). The van der Waals surface area contributed by atoms with Crippen molar-refractivity contribution in [1.82, 2.24) is 14.9 Å². The summed E-state index contributed by atoms with van der Waals surface area (Å²) in [5, 5.41) is 3.23. The molecule has 0 atom stereocenters. The van der Waals surface area contributed by atoms with E-state index < -0.39 is 0 Å². The van der Waals surface area contributed by atoms with Gasteiger partial charge in [0.15, 0.2) is 4.77 Å². The molecule has 8 heteroatoms. The second-order valence-electron chi connectivity index (χ2n) is 6.66. The lowest BCUT2D eigenvalue weighted by atomic mass is 10.1. The third-order valence-corrected chi connectivity index (χ3v) is 5.09. The van der Waals surface area contributed by atoms with E-state index in [0.717, 1.165) is 5.56 Å². The Hall–Kier alpha value is -3.65. The summed E-state index contributed by atoms with van der Waals surface area (Å²) in [6, 6.07) is 15.9. The Morgan fingerprint density at radius 2 is 2.03 bits per heavy atom. The SMILES string of the molecule is COc1ccccc1Cn1c(=S)[nH]c2cc(C(=O)NCc3ccco3)ccc2c1=O. The number of aromatic nitrogens is 2. The molecule has 0 fully saturated rings. The van der Waals surface area contributed by atoms with E-state index in [2.05, 4.69) is 10.3 Å². The van der Waals surface area contributed by atoms with Gasteiger partial charge in [-0.15, -0.1) is 0 Å². The molecule has 0 spiro atoms. The van der Waals surface area contributed by atoms with Gasteiger partial charge in [-0.2, -0.15) is 0 Å². The zero-order chi connectivity index (χ0) is 21.1. The second kappa shape index (κ2) is 8.38. The molecule has 2 N–H and O–H groups in total. The minimum Gasteiger partial charge on any atom is -0.496 e. The third-order valence-electron chi connectivity index (χ3n) is 4.77. The first kappa shape index (κ1) is 19.7. The maximum atomic E-state index is 13.0. The molecule has 0 aliphatic carbocycles. The average molecular weight is 421 g/mol. The van der Waals surface area contributed by atoms with Crippen LogP contribution in [-0.4, -0.2) is 22.6 Å². The zero-order valence-corrected chi connectivity index (χ0v) is 17.0. The first-order valence-electron chi connectivity index (χ1n) is 9.26. The smallest absolute Gasteiger partial charge is 0.262 e. The topological polar surface area (TPSA) is 89.3 Å². The van der Waals surface area contributed by atoms with Gasteiger partial charge in [0.2, 0.25) is 0 Å². The van der Waals surface area contributed by atoms with Gasteiger partial charge in [-0.25, -0.2) is 0 Å². The van der Waals surface area contributed by atoms with Crippen LogP contribution in [0.4, 0.5) is 0 Å². The van der Waals surface area contributed by atoms with E-state index in [-0.39, 0.29) is 29.3 Å². The maximum absolute atomic E-state index is 13.0. The molecule has 0 radical (unpaired) electrons. The van der Waals surface area contributed by atoms with Crippen LogP contribution in [0.2, 0.25) is 0 Å². The van der Waals surface area contributed by atoms with Gasteiger partial charge in [-0.3, -0.25) is 14.2 Å². The fourth-order valence-corrected chi connectivity index (χ4v) is 3.48. The number of aromatic amines is 1. The largest absolute Gasteiger partial charge is 0.496 e. The Kier molecular flexibility index (Phi) is 5.49. The molecular formula is C22H19N3O4S. The summed E-state index contributed by atoms with van der Waals surface area (Å²) in [6.45, 7) is 0.555. The highest BCUT2D eigenvalue weighted by Gasteiger charge is 2.12. The van der Waals surface area contributed by atoms with Crippen LogP contribution in [0.3, 0.4) is 0 Å². The van der Waals surface area contributed by atoms with Gasteiger partial charge in [-0.1, -0.05) is 18.2 Å². The van der Waals surface area contributed by atoms with E-state index in [4.69, 9.17) is 21.4 Å². The number of fused-ring (bicyclic) bond motifs is 1. The number of para-hydroxylation sites is 1. The van der Waals surface area contributed by atoms with Crippen molar-refractivity contribution in [1.29, 1.82) is 0 Å². The molecule has 0 unspecified atom stereocenters. The van der Waals surface area contributed by atoms with Crippen molar-refractivity contribution in [3.8, 4) is 5.75 Å². The second-order valence-corrected chi connectivity index (χ2v) is 7.04. The molecule has 2 heterocycles. The Labute approximate surface area is 176 Å². The molecule has 0 saturated carbocycles. The van der Waals surface area contributed by atoms with Crippen LogP contribution in [0, 0.1) is 4.77 Å². The Bertz CT molecular complexity index is 1320. The van der Waals surface area contributed by atoms with Crippen molar-refractivity contribution in [2.75, 3.05) is 7.11 Å². The number of H-pyrrole nitrogens is 1. The van der Waals surface area contributed by atoms with E-state index in [9.17, 15) is 9.59 Å². The molecule has 30 heavy (non-hydrogen) atoms. The van der Waals surface area contributed by atoms with Gasteiger partial charge >= 0.3 is 0 Å². The quantitative estimate of drug-likeness (QED) is 0.464. The van der Waals surface area contributed by atoms with Crippen LogP contribution in [0.5, 0.6) is 5.75 Å². The Morgan fingerprint density at radius 3 is 2.80 bits per heavy atom. The molecule has 7 nitrogen and oxygen atoms in total. The predicted molar refractivity (Wildman–Crippen MR) is 115 cm³/mol. The Morgan fingerprint density at radius 1 is 1.20 bits per heavy atom. The van der Waals surface area contributed by atoms with Crippen molar-refractivity contribution in [3.63, 3.8) is 0 Å². The van der Waals surface area contributed by atoms with Crippen LogP contribution in [-0.2, 0) is 13.1 Å². The fourth-order valence-electron chi connectivity index (χ4n) is 3.23. The lowest BCUT2D eigenvalue weighted by Crippen LogP contribution is -2.24. The summed E-state index contributed by atoms with van der Waals surface area (Å²) in [5.74, 6) is 1.07. The first-order valence-corrected chi connectivity index (χ1v) is 9.67. The van der Waals surface area contributed by atoms with Gasteiger partial charge in [0.25, 0.3) is 11.5 Å². The summed E-state index contributed by atoms with van der Waals surface area (Å²) < 4.78 is 12.3. The number of ether oxygens (including phenoxy) is 1. The normalized spacial score (nSPS) is 10.8. The van der Waals surface area contributed by atoms with Gasteiger partial charge < -0.3 is 19.5 Å². The Balaban J connectivity index is 1.64. The molecule has 0 aliphatic heterocycles. The molecule has 0 saturated heterocycles. The zero-order valence-electron chi connectivity index (χ0n) is 16.2. The number of nitrogens with zero attached hydrogens (tertiary/aromatic N) is 1. The van der Waals surface area contributed by atoms with Crippen molar-refractivity contribution in [2.45, 2.75) is 13.1 Å². The summed E-state index contributed by atoms with van der Waals surface area (Å²) in [5.41, 5.74) is 1.53. The summed E-state index contributed by atoms with van der Waals surface area (Å²) in [4.78, 5) is 28.5. The van der Waals surface area contributed by atoms with E-state index >= 15 is 0 Å². The number of rotatable bonds is 6. The molecule has 4 aromatic rings. The van der Waals surface area contributed by atoms with E-state index in [1.165, 1.54) is 4.57 Å². The molecular weight excluding hydrogens is 402 g/mol. The van der Waals surface area contributed by atoms with Crippen molar-refractivity contribution in [2.24, 2.45) is 0 Å². The van der Waals surface area contributed by atoms with Crippen molar-refractivity contribution in [3.05, 3.63) is 92.9 Å². The lowest BCUT2D eigenvalue weighted by molar-refractivity contribution is 0.0948. The summed E-state index contributed by atoms with van der Waals surface area (Å²) >= 11 is 5.41. The molecule has 0 bridgehead atoms. The first-order chi connectivity index (χ1) is 14.6. The minimum atomic E-state index is -0.272. The van der Waals surface area contributed by atoms with Crippen molar-refractivity contribution < 1.29 is 13.9 Å². The van der Waals surface area contributed by atoms with E-state index in [1.807, 2.05) is 24.3 Å². The number of hydrogen-bond acceptors (Lipinski definition) is 5. The van der Waals surface area contributed by atoms with Crippen LogP contribution >= 0.6 is 12.2 Å². The van der Waals surface area contributed by atoms with Crippen LogP contribution < -0.4 is 15.6 Å². The number of furan rings is 1.